The molecule has 1 atom stereocenters. The van der Waals surface area contributed by atoms with Crippen molar-refractivity contribution in [1.29, 1.82) is 0 Å². The maximum absolute atomic E-state index is 10.5. The molecule has 0 amide bonds. The summed E-state index contributed by atoms with van der Waals surface area (Å²) in [5.74, 6) is 2.71. The van der Waals surface area contributed by atoms with E-state index in [1.807, 2.05) is 43.4 Å². The highest BCUT2D eigenvalue weighted by atomic mass is 16.5. The van der Waals surface area contributed by atoms with Gasteiger partial charge in [0, 0.05) is 19.6 Å². The first-order valence-corrected chi connectivity index (χ1v) is 12.0. The number of rotatable bonds is 15. The molecule has 0 fully saturated rings. The number of hydrogen-bond donors (Lipinski definition) is 1. The molecular weight excluding hydrogens is 416 g/mol. The van der Waals surface area contributed by atoms with Crippen LogP contribution in [0.25, 0.3) is 0 Å². The smallest absolute Gasteiger partial charge is 0.161 e. The number of hydrogen-bond acceptors (Lipinski definition) is 6. The van der Waals surface area contributed by atoms with Crippen LogP contribution in [0.1, 0.15) is 44.7 Å². The minimum atomic E-state index is -0.584. The van der Waals surface area contributed by atoms with E-state index in [0.717, 1.165) is 48.0 Å². The van der Waals surface area contributed by atoms with Gasteiger partial charge in [0.15, 0.2) is 11.5 Å². The van der Waals surface area contributed by atoms with Crippen LogP contribution in [0.5, 0.6) is 17.2 Å². The second-order valence-corrected chi connectivity index (χ2v) is 8.71. The van der Waals surface area contributed by atoms with Gasteiger partial charge in [-0.2, -0.15) is 0 Å². The topological polar surface area (TPSA) is 54.4 Å². The van der Waals surface area contributed by atoms with Gasteiger partial charge < -0.3 is 24.2 Å². The molecule has 2 rings (SSSR count). The van der Waals surface area contributed by atoms with Crippen LogP contribution in [0.3, 0.4) is 0 Å². The first kappa shape index (κ1) is 27.0. The fraction of sp³-hybridized carbons (Fsp3) is 0.556. The lowest BCUT2D eigenvalue weighted by Gasteiger charge is -2.22. The molecule has 184 valence electrons. The average Bonchev–Trinajstić information content (AvgIpc) is 2.81. The third-order valence-corrected chi connectivity index (χ3v) is 5.73. The van der Waals surface area contributed by atoms with Gasteiger partial charge in [-0.1, -0.05) is 52.0 Å². The van der Waals surface area contributed by atoms with Crippen molar-refractivity contribution in [2.45, 2.75) is 46.3 Å². The van der Waals surface area contributed by atoms with E-state index in [2.05, 4.69) is 43.6 Å². The van der Waals surface area contributed by atoms with Crippen molar-refractivity contribution in [2.75, 3.05) is 53.6 Å². The Labute approximate surface area is 200 Å². The van der Waals surface area contributed by atoms with Crippen molar-refractivity contribution in [3.05, 3.63) is 53.6 Å². The van der Waals surface area contributed by atoms with Gasteiger partial charge in [0.05, 0.1) is 7.11 Å². The largest absolute Gasteiger partial charge is 0.493 e. The molecule has 0 saturated carbocycles. The summed E-state index contributed by atoms with van der Waals surface area (Å²) in [6.07, 6.45) is -0.584. The van der Waals surface area contributed by atoms with Gasteiger partial charge in [-0.25, -0.2) is 0 Å². The number of nitrogens with zero attached hydrogens (tertiary/aromatic N) is 2. The molecule has 0 spiro atoms. The van der Waals surface area contributed by atoms with E-state index in [0.29, 0.717) is 25.6 Å². The molecule has 0 aliphatic heterocycles. The third-order valence-electron chi connectivity index (χ3n) is 5.73. The number of para-hydroxylation sites is 1. The van der Waals surface area contributed by atoms with Gasteiger partial charge in [-0.05, 0) is 55.4 Å². The Bertz CT molecular complexity index is 824. The molecule has 33 heavy (non-hydrogen) atoms. The Kier molecular flexibility index (Phi) is 11.5. The van der Waals surface area contributed by atoms with Crippen molar-refractivity contribution in [3.63, 3.8) is 0 Å². The molecular formula is C27H42N2O4. The summed E-state index contributed by atoms with van der Waals surface area (Å²) < 4.78 is 17.4. The summed E-state index contributed by atoms with van der Waals surface area (Å²) in [7, 11) is 3.66. The van der Waals surface area contributed by atoms with Gasteiger partial charge in [-0.15, -0.1) is 0 Å². The molecule has 1 N–H and O–H groups in total. The zero-order valence-electron chi connectivity index (χ0n) is 21.2. The minimum Gasteiger partial charge on any atom is -0.493 e. The number of ether oxygens (including phenoxy) is 3. The summed E-state index contributed by atoms with van der Waals surface area (Å²) in [4.78, 5) is 4.41. The lowest BCUT2D eigenvalue weighted by molar-refractivity contribution is 0.0739. The number of aliphatic hydroxyl groups excluding tert-OH is 1. The van der Waals surface area contributed by atoms with Crippen molar-refractivity contribution in [2.24, 2.45) is 0 Å². The highest BCUT2D eigenvalue weighted by Crippen LogP contribution is 2.29. The quantitative estimate of drug-likeness (QED) is 0.427. The molecule has 0 radical (unpaired) electrons. The van der Waals surface area contributed by atoms with Gasteiger partial charge in [0.1, 0.15) is 25.1 Å². The molecule has 2 aromatic rings. The number of methoxy groups -OCH3 is 1. The van der Waals surface area contributed by atoms with Crippen molar-refractivity contribution < 1.29 is 19.3 Å². The van der Waals surface area contributed by atoms with Crippen LogP contribution in [0.2, 0.25) is 0 Å². The summed E-state index contributed by atoms with van der Waals surface area (Å²) in [5.41, 5.74) is 2.26. The Morgan fingerprint density at radius 3 is 2.33 bits per heavy atom. The highest BCUT2D eigenvalue weighted by Gasteiger charge is 2.14. The number of likely N-dealkylation sites (N-methyl/N-ethyl adjacent to an activating group) is 2. The second kappa shape index (κ2) is 14.1. The lowest BCUT2D eigenvalue weighted by atomic mass is 10.0. The van der Waals surface area contributed by atoms with E-state index in [1.165, 1.54) is 0 Å². The summed E-state index contributed by atoms with van der Waals surface area (Å²) >= 11 is 0. The van der Waals surface area contributed by atoms with Crippen LogP contribution in [-0.2, 0) is 6.54 Å². The van der Waals surface area contributed by atoms with Crippen molar-refractivity contribution >= 4 is 0 Å². The van der Waals surface area contributed by atoms with Crippen molar-refractivity contribution in [1.82, 2.24) is 9.80 Å². The molecule has 2 aromatic carbocycles. The van der Waals surface area contributed by atoms with E-state index in [-0.39, 0.29) is 6.61 Å². The number of benzene rings is 2. The van der Waals surface area contributed by atoms with Crippen molar-refractivity contribution in [3.8, 4) is 17.2 Å². The standard InChI is InChI=1S/C27H42N2O4/c1-7-29(8-2)15-16-32-26-14-13-22(17-27(26)31-6)18-28(5)19-23(30)20-33-25-12-10-9-11-24(25)21(3)4/h9-14,17,21,23,30H,7-8,15-16,18-20H2,1-6H3. The number of aliphatic hydroxyl groups is 1. The van der Waals surface area contributed by atoms with Gasteiger partial charge in [0.2, 0.25) is 0 Å². The fourth-order valence-corrected chi connectivity index (χ4v) is 3.82. The maximum atomic E-state index is 10.5. The summed E-state index contributed by atoms with van der Waals surface area (Å²) in [6.45, 7) is 13.6. The molecule has 0 aromatic heterocycles. The second-order valence-electron chi connectivity index (χ2n) is 8.71. The van der Waals surface area contributed by atoms with Crippen LogP contribution in [-0.4, -0.2) is 74.6 Å². The molecule has 0 aliphatic carbocycles. The summed E-state index contributed by atoms with van der Waals surface area (Å²) in [6, 6.07) is 14.0. The molecule has 0 bridgehead atoms. The molecule has 0 saturated heterocycles. The Hall–Kier alpha value is -2.28. The van der Waals surface area contributed by atoms with Crippen LogP contribution in [0.15, 0.2) is 42.5 Å². The van der Waals surface area contributed by atoms with Crippen LogP contribution < -0.4 is 14.2 Å². The SMILES string of the molecule is CCN(CC)CCOc1ccc(CN(C)CC(O)COc2ccccc2C(C)C)cc1OC. The molecule has 1 unspecified atom stereocenters. The van der Waals surface area contributed by atoms with E-state index in [9.17, 15) is 5.11 Å². The summed E-state index contributed by atoms with van der Waals surface area (Å²) in [5, 5.41) is 10.5. The zero-order valence-corrected chi connectivity index (χ0v) is 21.2. The Balaban J connectivity index is 1.85. The first-order valence-electron chi connectivity index (χ1n) is 12.0. The first-order chi connectivity index (χ1) is 15.9. The lowest BCUT2D eigenvalue weighted by Crippen LogP contribution is -2.32. The Morgan fingerprint density at radius 2 is 1.67 bits per heavy atom. The minimum absolute atomic E-state index is 0.261. The Morgan fingerprint density at radius 1 is 0.939 bits per heavy atom. The molecule has 0 aliphatic rings. The van der Waals surface area contributed by atoms with Gasteiger partial charge in [-0.3, -0.25) is 4.90 Å². The third kappa shape index (κ3) is 8.88. The normalized spacial score (nSPS) is 12.4. The van der Waals surface area contributed by atoms with Gasteiger partial charge >= 0.3 is 0 Å². The predicted molar refractivity (Wildman–Crippen MR) is 135 cm³/mol. The molecule has 0 heterocycles. The van der Waals surface area contributed by atoms with Crippen LogP contribution in [0.4, 0.5) is 0 Å². The monoisotopic (exact) mass is 458 g/mol. The van der Waals surface area contributed by atoms with E-state index in [4.69, 9.17) is 14.2 Å². The van der Waals surface area contributed by atoms with E-state index < -0.39 is 6.10 Å². The molecule has 6 heteroatoms. The van der Waals surface area contributed by atoms with Crippen LogP contribution >= 0.6 is 0 Å². The van der Waals surface area contributed by atoms with Gasteiger partial charge in [0.25, 0.3) is 0 Å². The van der Waals surface area contributed by atoms with E-state index >= 15 is 0 Å². The predicted octanol–water partition coefficient (Wildman–Crippen LogP) is 4.41. The van der Waals surface area contributed by atoms with Crippen LogP contribution in [0, 0.1) is 0 Å². The zero-order chi connectivity index (χ0) is 24.2. The molecule has 6 nitrogen and oxygen atoms in total. The fourth-order valence-electron chi connectivity index (χ4n) is 3.82. The maximum Gasteiger partial charge on any atom is 0.161 e. The average molecular weight is 459 g/mol. The highest BCUT2D eigenvalue weighted by molar-refractivity contribution is 5.43. The van der Waals surface area contributed by atoms with E-state index in [1.54, 1.807) is 7.11 Å².